The van der Waals surface area contributed by atoms with Crippen molar-refractivity contribution >= 4 is 5.91 Å². The molecule has 0 radical (unpaired) electrons. The highest BCUT2D eigenvalue weighted by atomic mass is 16.2. The molecule has 3 rings (SSSR count). The Morgan fingerprint density at radius 2 is 1.90 bits per heavy atom. The summed E-state index contributed by atoms with van der Waals surface area (Å²) in [5, 5.41) is 0. The molecule has 0 spiro atoms. The van der Waals surface area contributed by atoms with Crippen LogP contribution in [0.15, 0.2) is 18.2 Å². The summed E-state index contributed by atoms with van der Waals surface area (Å²) in [6, 6.07) is 6.62. The van der Waals surface area contributed by atoms with Crippen LogP contribution >= 0.6 is 0 Å². The Balaban J connectivity index is 1.53. The SMILES string of the molecule is Cc1ccc(C)c(CN2CC(C(=O)N3CCCC3)C2)c1. The Morgan fingerprint density at radius 3 is 2.60 bits per heavy atom. The monoisotopic (exact) mass is 272 g/mol. The summed E-state index contributed by atoms with van der Waals surface area (Å²) in [7, 11) is 0. The van der Waals surface area contributed by atoms with E-state index in [4.69, 9.17) is 0 Å². The first-order chi connectivity index (χ1) is 9.63. The molecule has 20 heavy (non-hydrogen) atoms. The zero-order chi connectivity index (χ0) is 14.1. The Kier molecular flexibility index (Phi) is 3.79. The normalized spacial score (nSPS) is 20.2. The molecule has 1 aromatic carbocycles. The molecule has 0 saturated carbocycles. The summed E-state index contributed by atoms with van der Waals surface area (Å²) < 4.78 is 0. The first-order valence-corrected chi connectivity index (χ1v) is 7.71. The average Bonchev–Trinajstić information content (AvgIpc) is 2.90. The van der Waals surface area contributed by atoms with Gasteiger partial charge in [-0.05, 0) is 37.8 Å². The van der Waals surface area contributed by atoms with Gasteiger partial charge in [0.2, 0.25) is 5.91 Å². The lowest BCUT2D eigenvalue weighted by molar-refractivity contribution is -0.140. The molecule has 0 bridgehead atoms. The van der Waals surface area contributed by atoms with Gasteiger partial charge in [-0.15, -0.1) is 0 Å². The molecule has 1 aromatic rings. The van der Waals surface area contributed by atoms with E-state index in [1.165, 1.54) is 29.5 Å². The van der Waals surface area contributed by atoms with Crippen LogP contribution < -0.4 is 0 Å². The van der Waals surface area contributed by atoms with Gasteiger partial charge in [0.25, 0.3) is 0 Å². The maximum Gasteiger partial charge on any atom is 0.228 e. The molecule has 3 nitrogen and oxygen atoms in total. The number of benzene rings is 1. The zero-order valence-electron chi connectivity index (χ0n) is 12.6. The van der Waals surface area contributed by atoms with Crippen LogP contribution in [-0.2, 0) is 11.3 Å². The molecule has 2 saturated heterocycles. The second-order valence-corrected chi connectivity index (χ2v) is 6.35. The molecular weight excluding hydrogens is 248 g/mol. The van der Waals surface area contributed by atoms with Crippen molar-refractivity contribution in [3.63, 3.8) is 0 Å². The minimum absolute atomic E-state index is 0.248. The smallest absolute Gasteiger partial charge is 0.228 e. The highest BCUT2D eigenvalue weighted by Gasteiger charge is 2.35. The fourth-order valence-electron chi connectivity index (χ4n) is 3.26. The van der Waals surface area contributed by atoms with Crippen molar-refractivity contribution in [3.8, 4) is 0 Å². The van der Waals surface area contributed by atoms with Gasteiger partial charge < -0.3 is 4.90 Å². The van der Waals surface area contributed by atoms with Crippen LogP contribution in [0.3, 0.4) is 0 Å². The summed E-state index contributed by atoms with van der Waals surface area (Å²) >= 11 is 0. The number of rotatable bonds is 3. The van der Waals surface area contributed by atoms with Crippen molar-refractivity contribution in [2.45, 2.75) is 33.2 Å². The predicted molar refractivity (Wildman–Crippen MR) is 80.5 cm³/mol. The fraction of sp³-hybridized carbons (Fsp3) is 0.588. The molecule has 0 unspecified atom stereocenters. The van der Waals surface area contributed by atoms with Crippen molar-refractivity contribution in [1.82, 2.24) is 9.80 Å². The van der Waals surface area contributed by atoms with Crippen molar-refractivity contribution in [1.29, 1.82) is 0 Å². The largest absolute Gasteiger partial charge is 0.342 e. The molecule has 0 aromatic heterocycles. The lowest BCUT2D eigenvalue weighted by Gasteiger charge is -2.40. The predicted octanol–water partition coefficient (Wildman–Crippen LogP) is 2.36. The molecule has 2 aliphatic rings. The van der Waals surface area contributed by atoms with Gasteiger partial charge in [-0.2, -0.15) is 0 Å². The third-order valence-corrected chi connectivity index (χ3v) is 4.62. The van der Waals surface area contributed by atoms with Crippen LogP contribution in [0.5, 0.6) is 0 Å². The molecule has 0 aliphatic carbocycles. The summed E-state index contributed by atoms with van der Waals surface area (Å²) in [6.07, 6.45) is 2.37. The van der Waals surface area contributed by atoms with Crippen LogP contribution in [0.1, 0.15) is 29.5 Å². The van der Waals surface area contributed by atoms with E-state index in [2.05, 4.69) is 41.8 Å². The number of aryl methyl sites for hydroxylation is 2. The summed E-state index contributed by atoms with van der Waals surface area (Å²) in [4.78, 5) is 16.7. The van der Waals surface area contributed by atoms with Gasteiger partial charge in [0.05, 0.1) is 5.92 Å². The molecule has 2 aliphatic heterocycles. The van der Waals surface area contributed by atoms with Crippen molar-refractivity contribution in [3.05, 3.63) is 34.9 Å². The van der Waals surface area contributed by atoms with Gasteiger partial charge in [-0.25, -0.2) is 0 Å². The highest BCUT2D eigenvalue weighted by molar-refractivity contribution is 5.80. The number of nitrogens with zero attached hydrogens (tertiary/aromatic N) is 2. The van der Waals surface area contributed by atoms with Crippen LogP contribution in [0.2, 0.25) is 0 Å². The lowest BCUT2D eigenvalue weighted by atomic mass is 9.96. The van der Waals surface area contributed by atoms with Crippen molar-refractivity contribution in [2.75, 3.05) is 26.2 Å². The van der Waals surface area contributed by atoms with Gasteiger partial charge in [0.15, 0.2) is 0 Å². The van der Waals surface area contributed by atoms with E-state index in [1.54, 1.807) is 0 Å². The van der Waals surface area contributed by atoms with Gasteiger partial charge in [-0.1, -0.05) is 23.8 Å². The minimum atomic E-state index is 0.248. The van der Waals surface area contributed by atoms with Crippen LogP contribution in [0, 0.1) is 19.8 Å². The Bertz CT molecular complexity index is 500. The number of amides is 1. The van der Waals surface area contributed by atoms with Crippen LogP contribution in [0.25, 0.3) is 0 Å². The van der Waals surface area contributed by atoms with Crippen molar-refractivity contribution < 1.29 is 4.79 Å². The van der Waals surface area contributed by atoms with Crippen molar-refractivity contribution in [2.24, 2.45) is 5.92 Å². The van der Waals surface area contributed by atoms with E-state index in [-0.39, 0.29) is 5.92 Å². The zero-order valence-corrected chi connectivity index (χ0v) is 12.6. The molecule has 0 atom stereocenters. The van der Waals surface area contributed by atoms with E-state index in [1.807, 2.05) is 0 Å². The summed E-state index contributed by atoms with van der Waals surface area (Å²) in [5.41, 5.74) is 4.07. The Morgan fingerprint density at radius 1 is 1.20 bits per heavy atom. The Labute approximate surface area is 121 Å². The van der Waals surface area contributed by atoms with E-state index in [9.17, 15) is 4.79 Å². The first-order valence-electron chi connectivity index (χ1n) is 7.71. The number of hydrogen-bond acceptors (Lipinski definition) is 2. The summed E-state index contributed by atoms with van der Waals surface area (Å²) in [5.74, 6) is 0.637. The fourth-order valence-corrected chi connectivity index (χ4v) is 3.26. The number of carbonyl (C=O) groups excluding carboxylic acids is 1. The number of carbonyl (C=O) groups is 1. The van der Waals surface area contributed by atoms with E-state index < -0.39 is 0 Å². The number of likely N-dealkylation sites (tertiary alicyclic amines) is 2. The molecule has 2 fully saturated rings. The second-order valence-electron chi connectivity index (χ2n) is 6.35. The summed E-state index contributed by atoms with van der Waals surface area (Å²) in [6.45, 7) is 9.11. The van der Waals surface area contributed by atoms with E-state index in [0.29, 0.717) is 5.91 Å². The van der Waals surface area contributed by atoms with E-state index in [0.717, 1.165) is 32.7 Å². The molecule has 3 heteroatoms. The molecule has 1 amide bonds. The molecule has 0 N–H and O–H groups in total. The van der Waals surface area contributed by atoms with Crippen LogP contribution in [0.4, 0.5) is 0 Å². The molecular formula is C17H24N2O. The lowest BCUT2D eigenvalue weighted by Crippen LogP contribution is -2.53. The van der Waals surface area contributed by atoms with Gasteiger partial charge >= 0.3 is 0 Å². The number of hydrogen-bond donors (Lipinski definition) is 0. The Hall–Kier alpha value is -1.35. The average molecular weight is 272 g/mol. The first kappa shape index (κ1) is 13.6. The van der Waals surface area contributed by atoms with Gasteiger partial charge in [0.1, 0.15) is 0 Å². The third kappa shape index (κ3) is 2.73. The topological polar surface area (TPSA) is 23.6 Å². The third-order valence-electron chi connectivity index (χ3n) is 4.62. The van der Waals surface area contributed by atoms with Crippen LogP contribution in [-0.4, -0.2) is 41.9 Å². The maximum absolute atomic E-state index is 12.2. The van der Waals surface area contributed by atoms with E-state index >= 15 is 0 Å². The van der Waals surface area contributed by atoms with Gasteiger partial charge in [-0.3, -0.25) is 9.69 Å². The standard InChI is InChI=1S/C17H24N2O/c1-13-5-6-14(2)15(9-13)10-18-11-16(12-18)17(20)19-7-3-4-8-19/h5-6,9,16H,3-4,7-8,10-12H2,1-2H3. The minimum Gasteiger partial charge on any atom is -0.342 e. The quantitative estimate of drug-likeness (QED) is 0.843. The molecule has 108 valence electrons. The molecule has 2 heterocycles. The highest BCUT2D eigenvalue weighted by Crippen LogP contribution is 2.24. The van der Waals surface area contributed by atoms with Gasteiger partial charge in [0, 0.05) is 32.7 Å². The maximum atomic E-state index is 12.2. The second kappa shape index (κ2) is 5.57.